The molecule has 0 aliphatic carbocycles. The summed E-state index contributed by atoms with van der Waals surface area (Å²) in [7, 11) is 0. The van der Waals surface area contributed by atoms with Crippen molar-refractivity contribution >= 4 is 5.97 Å². The monoisotopic (exact) mass is 337 g/mol. The van der Waals surface area contributed by atoms with E-state index in [0.29, 0.717) is 13.0 Å². The first-order valence-corrected chi connectivity index (χ1v) is 3.96. The maximum atomic E-state index is 10.7. The molecule has 0 aromatic heterocycles. The topological polar surface area (TPSA) is 26.3 Å². The first-order chi connectivity index (χ1) is 4.81. The Morgan fingerprint density at radius 3 is 2.36 bits per heavy atom. The van der Waals surface area contributed by atoms with Gasteiger partial charge in [0.25, 0.3) is 0 Å². The predicted octanol–water partition coefficient (Wildman–Crippen LogP) is 2.13. The van der Waals surface area contributed by atoms with Crippen molar-refractivity contribution in [2.75, 3.05) is 6.61 Å². The molecule has 0 amide bonds. The molecule has 0 spiro atoms. The van der Waals surface area contributed by atoms with Gasteiger partial charge >= 0.3 is 26.1 Å². The van der Waals surface area contributed by atoms with Crippen LogP contribution in [-0.2, 0) is 29.6 Å². The van der Waals surface area contributed by atoms with E-state index in [1.165, 1.54) is 0 Å². The van der Waals surface area contributed by atoms with Crippen LogP contribution in [0.1, 0.15) is 39.5 Å². The third kappa shape index (κ3) is 10.1. The molecule has 0 aliphatic rings. The van der Waals surface area contributed by atoms with Crippen LogP contribution in [0, 0.1) is 0 Å². The molecule has 0 aromatic rings. The van der Waals surface area contributed by atoms with Gasteiger partial charge < -0.3 is 4.74 Å². The Balaban J connectivity index is 0. The average molecular weight is 336 g/mol. The second kappa shape index (κ2) is 10.1. The quantitative estimate of drug-likeness (QED) is 0.568. The molecule has 0 aliphatic heterocycles. The number of carbonyl (C=O) groups excluding carboxylic acids is 1. The van der Waals surface area contributed by atoms with E-state index in [0.717, 1.165) is 19.3 Å². The van der Waals surface area contributed by atoms with Crippen molar-refractivity contribution in [1.29, 1.82) is 0 Å². The first-order valence-electron chi connectivity index (χ1n) is 3.96. The van der Waals surface area contributed by atoms with Crippen molar-refractivity contribution in [3.05, 3.63) is 0 Å². The molecule has 11 heavy (non-hydrogen) atoms. The zero-order valence-electron chi connectivity index (χ0n) is 7.19. The van der Waals surface area contributed by atoms with E-state index in [4.69, 9.17) is 4.74 Å². The van der Waals surface area contributed by atoms with Gasteiger partial charge in [0.15, 0.2) is 0 Å². The van der Waals surface area contributed by atoms with E-state index in [-0.39, 0.29) is 26.1 Å². The molecule has 0 aromatic carbocycles. The van der Waals surface area contributed by atoms with Crippen LogP contribution in [0.25, 0.3) is 0 Å². The number of carbonyl (C=O) groups is 1. The summed E-state index contributed by atoms with van der Waals surface area (Å²) in [5, 5.41) is 0. The fourth-order valence-corrected chi connectivity index (χ4v) is 0.752. The average Bonchev–Trinajstić information content (AvgIpc) is 1.89. The maximum absolute atomic E-state index is 10.7. The summed E-state index contributed by atoms with van der Waals surface area (Å²) in [5.41, 5.74) is 0. The molecule has 66 valence electrons. The van der Waals surface area contributed by atoms with Gasteiger partial charge in [0.1, 0.15) is 0 Å². The summed E-state index contributed by atoms with van der Waals surface area (Å²) in [5.74, 6) is -0.0593. The summed E-state index contributed by atoms with van der Waals surface area (Å²) < 4.78 is 4.75. The van der Waals surface area contributed by atoms with Crippen molar-refractivity contribution in [3.8, 4) is 0 Å². The minimum absolute atomic E-state index is 0. The van der Waals surface area contributed by atoms with Crippen molar-refractivity contribution in [1.82, 2.24) is 0 Å². The standard InChI is InChI=1S/C8H16O2.Ir/c1-3-5-6-7-8(9)10-4-2;/h3-7H2,1-2H3;/q;+3. The van der Waals surface area contributed by atoms with E-state index < -0.39 is 0 Å². The molecule has 0 fully saturated rings. The van der Waals surface area contributed by atoms with E-state index in [2.05, 4.69) is 6.92 Å². The van der Waals surface area contributed by atoms with Gasteiger partial charge in [-0.15, -0.1) is 0 Å². The van der Waals surface area contributed by atoms with E-state index in [1.54, 1.807) is 0 Å². The Morgan fingerprint density at radius 2 is 1.91 bits per heavy atom. The molecular weight excluding hydrogens is 320 g/mol. The van der Waals surface area contributed by atoms with Crippen LogP contribution in [0.3, 0.4) is 0 Å². The second-order valence-electron chi connectivity index (χ2n) is 2.26. The molecule has 0 bridgehead atoms. The van der Waals surface area contributed by atoms with Gasteiger partial charge in [-0.3, -0.25) is 4.79 Å². The summed E-state index contributed by atoms with van der Waals surface area (Å²) in [4.78, 5) is 10.7. The summed E-state index contributed by atoms with van der Waals surface area (Å²) in [6.07, 6.45) is 3.83. The zero-order chi connectivity index (χ0) is 7.82. The Labute approximate surface area is 82.0 Å². The normalized spacial score (nSPS) is 8.55. The molecule has 3 heteroatoms. The second-order valence-corrected chi connectivity index (χ2v) is 2.26. The number of ether oxygens (including phenoxy) is 1. The summed E-state index contributed by atoms with van der Waals surface area (Å²) in [6.45, 7) is 4.45. The third-order valence-corrected chi connectivity index (χ3v) is 1.29. The van der Waals surface area contributed by atoms with Gasteiger partial charge in [-0.2, -0.15) is 0 Å². The molecular formula is C8H16IrO2+3. The zero-order valence-corrected chi connectivity index (χ0v) is 9.58. The fraction of sp³-hybridized carbons (Fsp3) is 0.875. The Hall–Kier alpha value is 0.119. The first kappa shape index (κ1) is 13.7. The van der Waals surface area contributed by atoms with Gasteiger partial charge in [-0.1, -0.05) is 19.8 Å². The fourth-order valence-electron chi connectivity index (χ4n) is 0.752. The summed E-state index contributed by atoms with van der Waals surface area (Å²) in [6, 6.07) is 0. The van der Waals surface area contributed by atoms with Crippen molar-refractivity contribution in [3.63, 3.8) is 0 Å². The maximum Gasteiger partial charge on any atom is 3.00 e. The van der Waals surface area contributed by atoms with Gasteiger partial charge in [0, 0.05) is 6.42 Å². The van der Waals surface area contributed by atoms with Crippen LogP contribution in [0.2, 0.25) is 0 Å². The number of unbranched alkanes of at least 4 members (excludes halogenated alkanes) is 2. The molecule has 0 N–H and O–H groups in total. The number of hydrogen-bond donors (Lipinski definition) is 0. The number of hydrogen-bond acceptors (Lipinski definition) is 2. The van der Waals surface area contributed by atoms with Crippen LogP contribution < -0.4 is 0 Å². The van der Waals surface area contributed by atoms with Crippen LogP contribution in [-0.4, -0.2) is 12.6 Å². The minimum atomic E-state index is -0.0593. The molecule has 0 heterocycles. The van der Waals surface area contributed by atoms with Crippen molar-refractivity contribution < 1.29 is 29.6 Å². The van der Waals surface area contributed by atoms with Gasteiger partial charge in [-0.05, 0) is 13.3 Å². The van der Waals surface area contributed by atoms with E-state index >= 15 is 0 Å². The largest absolute Gasteiger partial charge is 3.00 e. The predicted molar refractivity (Wildman–Crippen MR) is 40.8 cm³/mol. The van der Waals surface area contributed by atoms with Crippen LogP contribution in [0.5, 0.6) is 0 Å². The molecule has 2 nitrogen and oxygen atoms in total. The minimum Gasteiger partial charge on any atom is -0.466 e. The van der Waals surface area contributed by atoms with E-state index in [9.17, 15) is 4.79 Å². The van der Waals surface area contributed by atoms with Crippen LogP contribution in [0.15, 0.2) is 0 Å². The van der Waals surface area contributed by atoms with Crippen LogP contribution >= 0.6 is 0 Å². The molecule has 0 radical (unpaired) electrons. The molecule has 0 rings (SSSR count). The smallest absolute Gasteiger partial charge is 0.466 e. The summed E-state index contributed by atoms with van der Waals surface area (Å²) >= 11 is 0. The molecule has 0 saturated heterocycles. The van der Waals surface area contributed by atoms with E-state index in [1.807, 2.05) is 6.92 Å². The number of esters is 1. The van der Waals surface area contributed by atoms with Gasteiger partial charge in [0.05, 0.1) is 6.61 Å². The SMILES string of the molecule is CCCCCC(=O)OCC.[Ir+3]. The van der Waals surface area contributed by atoms with Crippen molar-refractivity contribution in [2.24, 2.45) is 0 Å². The number of rotatable bonds is 5. The third-order valence-electron chi connectivity index (χ3n) is 1.29. The van der Waals surface area contributed by atoms with Crippen LogP contribution in [0.4, 0.5) is 0 Å². The van der Waals surface area contributed by atoms with Gasteiger partial charge in [-0.25, -0.2) is 0 Å². The molecule has 0 atom stereocenters. The Bertz CT molecular complexity index is 94.1. The Kier molecular flexibility index (Phi) is 12.6. The Morgan fingerprint density at radius 1 is 1.27 bits per heavy atom. The molecule has 0 unspecified atom stereocenters. The molecule has 0 saturated carbocycles. The van der Waals surface area contributed by atoms with Gasteiger partial charge in [0.2, 0.25) is 0 Å². The van der Waals surface area contributed by atoms with Crippen molar-refractivity contribution in [2.45, 2.75) is 39.5 Å².